The van der Waals surface area contributed by atoms with Crippen LogP contribution in [0.1, 0.15) is 15.9 Å². The summed E-state index contributed by atoms with van der Waals surface area (Å²) in [7, 11) is 0. The number of carbonyl (C=O) groups is 1. The van der Waals surface area contributed by atoms with E-state index in [1.807, 2.05) is 0 Å². The lowest BCUT2D eigenvalue weighted by molar-refractivity contribution is -0.384. The zero-order chi connectivity index (χ0) is 15.0. The molecule has 2 aromatic rings. The highest BCUT2D eigenvalue weighted by Crippen LogP contribution is 2.32. The largest absolute Gasteiger partial charge is 0.308 e. The molecule has 0 bridgehead atoms. The number of nitro groups is 1. The van der Waals surface area contributed by atoms with Gasteiger partial charge >= 0.3 is 0 Å². The minimum absolute atomic E-state index is 0.00815. The van der Waals surface area contributed by atoms with Crippen molar-refractivity contribution in [2.24, 2.45) is 0 Å². The first-order valence-corrected chi connectivity index (χ1v) is 6.41. The SMILES string of the molecule is O=C(c1cccc(F)c1)N1CCc2cc([N+](=O)[O-])ccc21. The van der Waals surface area contributed by atoms with Crippen LogP contribution >= 0.6 is 0 Å². The first-order chi connectivity index (χ1) is 10.1. The zero-order valence-electron chi connectivity index (χ0n) is 11.0. The van der Waals surface area contributed by atoms with Gasteiger partial charge in [-0.3, -0.25) is 14.9 Å². The summed E-state index contributed by atoms with van der Waals surface area (Å²) in [6, 6.07) is 9.91. The van der Waals surface area contributed by atoms with Crippen molar-refractivity contribution in [3.8, 4) is 0 Å². The van der Waals surface area contributed by atoms with Crippen molar-refractivity contribution in [3.05, 3.63) is 69.5 Å². The minimum Gasteiger partial charge on any atom is -0.308 e. The molecule has 0 fully saturated rings. The van der Waals surface area contributed by atoms with Gasteiger partial charge in [-0.15, -0.1) is 0 Å². The number of nitro benzene ring substituents is 1. The zero-order valence-corrected chi connectivity index (χ0v) is 11.0. The first-order valence-electron chi connectivity index (χ1n) is 6.41. The number of hydrogen-bond donors (Lipinski definition) is 0. The standard InChI is InChI=1S/C15H11FN2O3/c16-12-3-1-2-11(8-12)15(19)17-7-6-10-9-13(18(20)21)4-5-14(10)17/h1-5,8-9H,6-7H2. The van der Waals surface area contributed by atoms with E-state index in [4.69, 9.17) is 0 Å². The molecule has 1 aliphatic heterocycles. The Balaban J connectivity index is 1.94. The Hall–Kier alpha value is -2.76. The molecular formula is C15H11FN2O3. The number of non-ortho nitro benzene ring substituents is 1. The highest BCUT2D eigenvalue weighted by molar-refractivity contribution is 6.07. The van der Waals surface area contributed by atoms with Crippen molar-refractivity contribution in [1.29, 1.82) is 0 Å². The number of nitrogens with zero attached hydrogens (tertiary/aromatic N) is 2. The predicted molar refractivity (Wildman–Crippen MR) is 74.9 cm³/mol. The monoisotopic (exact) mass is 286 g/mol. The van der Waals surface area contributed by atoms with E-state index >= 15 is 0 Å². The first kappa shape index (κ1) is 13.2. The molecule has 21 heavy (non-hydrogen) atoms. The average molecular weight is 286 g/mol. The van der Waals surface area contributed by atoms with Gasteiger partial charge < -0.3 is 4.90 Å². The quantitative estimate of drug-likeness (QED) is 0.630. The fourth-order valence-corrected chi connectivity index (χ4v) is 2.49. The van der Waals surface area contributed by atoms with E-state index in [9.17, 15) is 19.3 Å². The Kier molecular flexibility index (Phi) is 3.13. The van der Waals surface area contributed by atoms with E-state index in [1.54, 1.807) is 12.1 Å². The Bertz CT molecular complexity index is 745. The van der Waals surface area contributed by atoms with E-state index in [-0.39, 0.29) is 17.2 Å². The molecule has 0 aromatic heterocycles. The number of benzene rings is 2. The average Bonchev–Trinajstić information content (AvgIpc) is 2.89. The highest BCUT2D eigenvalue weighted by Gasteiger charge is 2.27. The van der Waals surface area contributed by atoms with Crippen molar-refractivity contribution in [3.63, 3.8) is 0 Å². The third-order valence-corrected chi connectivity index (χ3v) is 3.49. The molecule has 0 spiro atoms. The third kappa shape index (κ3) is 2.35. The van der Waals surface area contributed by atoms with Crippen LogP contribution in [0.4, 0.5) is 15.8 Å². The molecule has 106 valence electrons. The summed E-state index contributed by atoms with van der Waals surface area (Å²) < 4.78 is 13.2. The fraction of sp³-hybridized carbons (Fsp3) is 0.133. The summed E-state index contributed by atoms with van der Waals surface area (Å²) in [6.07, 6.45) is 0.554. The molecule has 1 heterocycles. The van der Waals surface area contributed by atoms with Crippen LogP contribution in [-0.4, -0.2) is 17.4 Å². The summed E-state index contributed by atoms with van der Waals surface area (Å²) in [4.78, 5) is 24.2. The predicted octanol–water partition coefficient (Wildman–Crippen LogP) is 2.94. The Labute approximate surface area is 119 Å². The molecule has 0 saturated carbocycles. The second kappa shape index (κ2) is 4.97. The number of rotatable bonds is 2. The van der Waals surface area contributed by atoms with Crippen molar-refractivity contribution in [2.45, 2.75) is 6.42 Å². The van der Waals surface area contributed by atoms with Crippen molar-refractivity contribution < 1.29 is 14.1 Å². The smallest absolute Gasteiger partial charge is 0.269 e. The van der Waals surface area contributed by atoms with Crippen LogP contribution in [0.2, 0.25) is 0 Å². The summed E-state index contributed by atoms with van der Waals surface area (Å²) in [5.41, 5.74) is 1.68. The van der Waals surface area contributed by atoms with Crippen LogP contribution in [0.15, 0.2) is 42.5 Å². The van der Waals surface area contributed by atoms with Crippen LogP contribution in [0.5, 0.6) is 0 Å². The summed E-state index contributed by atoms with van der Waals surface area (Å²) in [5.74, 6) is -0.772. The summed E-state index contributed by atoms with van der Waals surface area (Å²) >= 11 is 0. The van der Waals surface area contributed by atoms with Crippen molar-refractivity contribution in [1.82, 2.24) is 0 Å². The van der Waals surface area contributed by atoms with Gasteiger partial charge in [0.2, 0.25) is 0 Å². The third-order valence-electron chi connectivity index (χ3n) is 3.49. The molecule has 1 amide bonds. The molecule has 6 heteroatoms. The second-order valence-corrected chi connectivity index (χ2v) is 4.79. The molecule has 5 nitrogen and oxygen atoms in total. The lowest BCUT2D eigenvalue weighted by Crippen LogP contribution is -2.28. The minimum atomic E-state index is -0.469. The maximum Gasteiger partial charge on any atom is 0.269 e. The van der Waals surface area contributed by atoms with Gasteiger partial charge in [-0.1, -0.05) is 6.07 Å². The maximum absolute atomic E-state index is 13.2. The summed E-state index contributed by atoms with van der Waals surface area (Å²) in [6.45, 7) is 0.436. The molecule has 0 radical (unpaired) electrons. The second-order valence-electron chi connectivity index (χ2n) is 4.79. The summed E-state index contributed by atoms with van der Waals surface area (Å²) in [5, 5.41) is 10.8. The van der Waals surface area contributed by atoms with Crippen LogP contribution in [-0.2, 0) is 6.42 Å². The topological polar surface area (TPSA) is 63.5 Å². The van der Waals surface area contributed by atoms with Crippen LogP contribution in [0, 0.1) is 15.9 Å². The van der Waals surface area contributed by atoms with Gasteiger partial charge in [-0.2, -0.15) is 0 Å². The van der Waals surface area contributed by atoms with Crippen LogP contribution < -0.4 is 4.90 Å². The lowest BCUT2D eigenvalue weighted by Gasteiger charge is -2.17. The Morgan fingerprint density at radius 3 is 2.76 bits per heavy atom. The Morgan fingerprint density at radius 2 is 2.05 bits per heavy atom. The molecule has 1 aliphatic rings. The Morgan fingerprint density at radius 1 is 1.24 bits per heavy atom. The molecule has 3 rings (SSSR count). The molecule has 0 unspecified atom stereocenters. The van der Waals surface area contributed by atoms with Gasteiger partial charge in [0.1, 0.15) is 5.82 Å². The van der Waals surface area contributed by atoms with Crippen molar-refractivity contribution >= 4 is 17.3 Å². The van der Waals surface area contributed by atoms with Gasteiger partial charge in [0.15, 0.2) is 0 Å². The van der Waals surface area contributed by atoms with Gasteiger partial charge in [-0.05, 0) is 36.2 Å². The van der Waals surface area contributed by atoms with E-state index in [1.165, 1.54) is 35.2 Å². The van der Waals surface area contributed by atoms with E-state index < -0.39 is 10.7 Å². The molecule has 0 saturated heterocycles. The molecule has 0 atom stereocenters. The molecular weight excluding hydrogens is 275 g/mol. The molecule has 0 N–H and O–H groups in total. The molecule has 0 aliphatic carbocycles. The van der Waals surface area contributed by atoms with E-state index in [2.05, 4.69) is 0 Å². The number of halogens is 1. The van der Waals surface area contributed by atoms with Gasteiger partial charge in [0.05, 0.1) is 4.92 Å². The van der Waals surface area contributed by atoms with E-state index in [0.717, 1.165) is 5.56 Å². The van der Waals surface area contributed by atoms with Gasteiger partial charge in [-0.25, -0.2) is 4.39 Å². The van der Waals surface area contributed by atoms with Gasteiger partial charge in [0, 0.05) is 29.9 Å². The lowest BCUT2D eigenvalue weighted by atomic mass is 10.1. The van der Waals surface area contributed by atoms with Gasteiger partial charge in [0.25, 0.3) is 11.6 Å². The number of carbonyl (C=O) groups excluding carboxylic acids is 1. The number of amides is 1. The number of anilines is 1. The number of fused-ring (bicyclic) bond motifs is 1. The molecule has 2 aromatic carbocycles. The number of hydrogen-bond acceptors (Lipinski definition) is 3. The van der Waals surface area contributed by atoms with Crippen molar-refractivity contribution in [2.75, 3.05) is 11.4 Å². The fourth-order valence-electron chi connectivity index (χ4n) is 2.49. The normalized spacial score (nSPS) is 13.1. The van der Waals surface area contributed by atoms with E-state index in [0.29, 0.717) is 18.7 Å². The highest BCUT2D eigenvalue weighted by atomic mass is 19.1. The van der Waals surface area contributed by atoms with Crippen LogP contribution in [0.25, 0.3) is 0 Å². The van der Waals surface area contributed by atoms with Crippen LogP contribution in [0.3, 0.4) is 0 Å². The maximum atomic E-state index is 13.2.